The minimum absolute atomic E-state index is 0.247. The molecule has 0 radical (unpaired) electrons. The van der Waals surface area contributed by atoms with Gasteiger partial charge in [0.15, 0.2) is 0 Å². The smallest absolute Gasteiger partial charge is 0.123 e. The molecule has 0 amide bonds. The molecule has 96 valence electrons. The minimum atomic E-state index is 0.247. The van der Waals surface area contributed by atoms with E-state index < -0.39 is 0 Å². The average Bonchev–Trinajstić information content (AvgIpc) is 2.86. The molecule has 1 aromatic carbocycles. The van der Waals surface area contributed by atoms with Crippen LogP contribution in [0.1, 0.15) is 12.1 Å². The van der Waals surface area contributed by atoms with Gasteiger partial charge in [-0.2, -0.15) is 0 Å². The number of aliphatic hydroxyl groups excluding tert-OH is 1. The Hall–Kier alpha value is -1.23. The summed E-state index contributed by atoms with van der Waals surface area (Å²) in [4.78, 5) is 6.82. The summed E-state index contributed by atoms with van der Waals surface area (Å²) in [5.74, 6) is 0. The van der Waals surface area contributed by atoms with E-state index in [2.05, 4.69) is 34.4 Å². The highest BCUT2D eigenvalue weighted by Gasteiger charge is 2.06. The molecule has 4 heteroatoms. The Morgan fingerprint density at radius 3 is 2.78 bits per heavy atom. The zero-order chi connectivity index (χ0) is 12.8. The number of aromatic nitrogens is 1. The molecule has 0 unspecified atom stereocenters. The summed E-state index contributed by atoms with van der Waals surface area (Å²) in [6.07, 6.45) is 0.812. The van der Waals surface area contributed by atoms with Crippen LogP contribution in [0.4, 0.5) is 0 Å². The third-order valence-electron chi connectivity index (χ3n) is 2.70. The first-order valence-corrected chi connectivity index (χ1v) is 6.97. The number of benzene rings is 1. The van der Waals surface area contributed by atoms with Crippen molar-refractivity contribution in [2.24, 2.45) is 0 Å². The Labute approximate surface area is 112 Å². The van der Waals surface area contributed by atoms with Crippen molar-refractivity contribution in [3.05, 3.63) is 41.4 Å². The van der Waals surface area contributed by atoms with Crippen molar-refractivity contribution in [1.82, 2.24) is 9.88 Å². The Bertz CT molecular complexity index is 470. The SMILES string of the molecule is CN(CCCO)Cc1csc(-c2ccccc2)n1. The predicted octanol–water partition coefficient (Wildman–Crippen LogP) is 2.62. The lowest BCUT2D eigenvalue weighted by atomic mass is 10.2. The van der Waals surface area contributed by atoms with Gasteiger partial charge in [-0.15, -0.1) is 11.3 Å². The van der Waals surface area contributed by atoms with Crippen molar-refractivity contribution in [2.45, 2.75) is 13.0 Å². The van der Waals surface area contributed by atoms with E-state index in [1.165, 1.54) is 5.56 Å². The lowest BCUT2D eigenvalue weighted by Gasteiger charge is -2.13. The highest BCUT2D eigenvalue weighted by atomic mass is 32.1. The van der Waals surface area contributed by atoms with Gasteiger partial charge in [0.2, 0.25) is 0 Å². The van der Waals surface area contributed by atoms with Gasteiger partial charge in [-0.1, -0.05) is 30.3 Å². The highest BCUT2D eigenvalue weighted by Crippen LogP contribution is 2.23. The number of rotatable bonds is 6. The van der Waals surface area contributed by atoms with Crippen LogP contribution < -0.4 is 0 Å². The fourth-order valence-electron chi connectivity index (χ4n) is 1.79. The van der Waals surface area contributed by atoms with E-state index in [0.717, 1.165) is 30.2 Å². The normalized spacial score (nSPS) is 11.1. The van der Waals surface area contributed by atoms with Gasteiger partial charge in [0.1, 0.15) is 5.01 Å². The van der Waals surface area contributed by atoms with E-state index in [4.69, 9.17) is 5.11 Å². The monoisotopic (exact) mass is 262 g/mol. The standard InChI is InChI=1S/C14H18N2OS/c1-16(8-5-9-17)10-13-11-18-14(15-13)12-6-3-2-4-7-12/h2-4,6-7,11,17H,5,8-10H2,1H3. The average molecular weight is 262 g/mol. The van der Waals surface area contributed by atoms with Crippen molar-refractivity contribution >= 4 is 11.3 Å². The molecule has 0 aliphatic carbocycles. The number of hydrogen-bond acceptors (Lipinski definition) is 4. The number of aliphatic hydroxyl groups is 1. The van der Waals surface area contributed by atoms with E-state index in [0.29, 0.717) is 0 Å². The second kappa shape index (κ2) is 6.64. The Kier molecular flexibility index (Phi) is 4.87. The lowest BCUT2D eigenvalue weighted by molar-refractivity contribution is 0.243. The van der Waals surface area contributed by atoms with Gasteiger partial charge in [-0.3, -0.25) is 0 Å². The van der Waals surface area contributed by atoms with Crippen LogP contribution in [0.15, 0.2) is 35.7 Å². The van der Waals surface area contributed by atoms with Gasteiger partial charge in [0.25, 0.3) is 0 Å². The molecule has 0 saturated heterocycles. The molecule has 0 bridgehead atoms. The second-order valence-corrected chi connectivity index (χ2v) is 5.18. The van der Waals surface area contributed by atoms with E-state index in [9.17, 15) is 0 Å². The van der Waals surface area contributed by atoms with Crippen LogP contribution in [-0.4, -0.2) is 35.2 Å². The molecule has 1 aromatic heterocycles. The van der Waals surface area contributed by atoms with Gasteiger partial charge >= 0.3 is 0 Å². The molecule has 0 saturated carbocycles. The number of hydrogen-bond donors (Lipinski definition) is 1. The summed E-state index contributed by atoms with van der Waals surface area (Å²) < 4.78 is 0. The fourth-order valence-corrected chi connectivity index (χ4v) is 2.61. The van der Waals surface area contributed by atoms with Crippen LogP contribution in [0.3, 0.4) is 0 Å². The van der Waals surface area contributed by atoms with Gasteiger partial charge in [0, 0.05) is 30.6 Å². The molecule has 2 rings (SSSR count). The van der Waals surface area contributed by atoms with Crippen molar-refractivity contribution in [1.29, 1.82) is 0 Å². The van der Waals surface area contributed by atoms with Crippen molar-refractivity contribution in [3.8, 4) is 10.6 Å². The maximum absolute atomic E-state index is 8.79. The van der Waals surface area contributed by atoms with Gasteiger partial charge in [-0.05, 0) is 13.5 Å². The number of nitrogens with zero attached hydrogens (tertiary/aromatic N) is 2. The largest absolute Gasteiger partial charge is 0.396 e. The molecule has 1 heterocycles. The fraction of sp³-hybridized carbons (Fsp3) is 0.357. The quantitative estimate of drug-likeness (QED) is 0.869. The predicted molar refractivity (Wildman–Crippen MR) is 75.6 cm³/mol. The molecule has 18 heavy (non-hydrogen) atoms. The van der Waals surface area contributed by atoms with Gasteiger partial charge in [0.05, 0.1) is 5.69 Å². The van der Waals surface area contributed by atoms with Gasteiger partial charge in [-0.25, -0.2) is 4.98 Å². The van der Waals surface area contributed by atoms with Crippen molar-refractivity contribution in [2.75, 3.05) is 20.2 Å². The third kappa shape index (κ3) is 3.63. The molecular formula is C14H18N2OS. The first kappa shape index (κ1) is 13.2. The molecular weight excluding hydrogens is 244 g/mol. The molecule has 2 aromatic rings. The Morgan fingerprint density at radius 1 is 1.28 bits per heavy atom. The van der Waals surface area contributed by atoms with Crippen molar-refractivity contribution < 1.29 is 5.11 Å². The van der Waals surface area contributed by atoms with Crippen LogP contribution in [0.5, 0.6) is 0 Å². The van der Waals surface area contributed by atoms with Crippen LogP contribution in [0.25, 0.3) is 10.6 Å². The third-order valence-corrected chi connectivity index (χ3v) is 3.64. The Morgan fingerprint density at radius 2 is 2.06 bits per heavy atom. The van der Waals surface area contributed by atoms with Crippen molar-refractivity contribution in [3.63, 3.8) is 0 Å². The minimum Gasteiger partial charge on any atom is -0.396 e. The van der Waals surface area contributed by atoms with E-state index in [1.54, 1.807) is 11.3 Å². The van der Waals surface area contributed by atoms with Crippen LogP contribution in [0.2, 0.25) is 0 Å². The first-order chi connectivity index (χ1) is 8.79. The molecule has 0 fully saturated rings. The highest BCUT2D eigenvalue weighted by molar-refractivity contribution is 7.13. The van der Waals surface area contributed by atoms with E-state index >= 15 is 0 Å². The molecule has 0 aliphatic heterocycles. The molecule has 1 N–H and O–H groups in total. The van der Waals surface area contributed by atoms with Crippen LogP contribution >= 0.6 is 11.3 Å². The van der Waals surface area contributed by atoms with Gasteiger partial charge < -0.3 is 10.0 Å². The zero-order valence-corrected chi connectivity index (χ0v) is 11.4. The lowest BCUT2D eigenvalue weighted by Crippen LogP contribution is -2.20. The topological polar surface area (TPSA) is 36.4 Å². The molecule has 0 aliphatic rings. The summed E-state index contributed by atoms with van der Waals surface area (Å²) in [6, 6.07) is 10.2. The zero-order valence-electron chi connectivity index (χ0n) is 10.5. The Balaban J connectivity index is 1.98. The summed E-state index contributed by atoms with van der Waals surface area (Å²) in [7, 11) is 2.05. The molecule has 0 spiro atoms. The van der Waals surface area contributed by atoms with E-state index in [-0.39, 0.29) is 6.61 Å². The maximum Gasteiger partial charge on any atom is 0.123 e. The summed E-state index contributed by atoms with van der Waals surface area (Å²) in [5, 5.41) is 12.0. The van der Waals surface area contributed by atoms with Crippen LogP contribution in [0, 0.1) is 0 Å². The summed E-state index contributed by atoms with van der Waals surface area (Å²) >= 11 is 1.68. The maximum atomic E-state index is 8.79. The molecule has 0 atom stereocenters. The van der Waals surface area contributed by atoms with E-state index in [1.807, 2.05) is 18.2 Å². The first-order valence-electron chi connectivity index (χ1n) is 6.09. The summed E-state index contributed by atoms with van der Waals surface area (Å²) in [6.45, 7) is 1.98. The van der Waals surface area contributed by atoms with Crippen LogP contribution in [-0.2, 0) is 6.54 Å². The molecule has 3 nitrogen and oxygen atoms in total. The second-order valence-electron chi connectivity index (χ2n) is 4.32. The number of thiazole rings is 1. The summed E-state index contributed by atoms with van der Waals surface area (Å²) in [5.41, 5.74) is 2.27.